The van der Waals surface area contributed by atoms with Crippen molar-refractivity contribution in [2.75, 3.05) is 12.1 Å². The molecule has 0 atom stereocenters. The summed E-state index contributed by atoms with van der Waals surface area (Å²) in [5, 5.41) is 10.4. The predicted octanol–water partition coefficient (Wildman–Crippen LogP) is 2.85. The number of amides is 1. The minimum atomic E-state index is -0.354. The van der Waals surface area contributed by atoms with E-state index in [0.29, 0.717) is 40.9 Å². The monoisotopic (exact) mass is 341 g/mol. The first-order chi connectivity index (χ1) is 12.1. The normalized spacial score (nSPS) is 12.4. The van der Waals surface area contributed by atoms with Crippen molar-refractivity contribution in [3.05, 3.63) is 52.8 Å². The third-order valence-electron chi connectivity index (χ3n) is 3.77. The van der Waals surface area contributed by atoms with Gasteiger partial charge in [0.05, 0.1) is 12.0 Å². The van der Waals surface area contributed by atoms with Gasteiger partial charge in [-0.15, -0.1) is 5.10 Å². The number of rotatable bonds is 4. The fourth-order valence-electron chi connectivity index (χ4n) is 2.62. The van der Waals surface area contributed by atoms with Crippen molar-refractivity contribution in [3.63, 3.8) is 0 Å². The Morgan fingerprint density at radius 2 is 1.96 bits per heavy atom. The summed E-state index contributed by atoms with van der Waals surface area (Å²) in [6, 6.07) is 7.30. The highest BCUT2D eigenvalue weighted by Crippen LogP contribution is 2.33. The molecular formula is C17H15N3O5. The van der Waals surface area contributed by atoms with E-state index in [-0.39, 0.29) is 18.7 Å². The van der Waals surface area contributed by atoms with Crippen LogP contribution in [-0.4, -0.2) is 22.9 Å². The molecule has 0 saturated heterocycles. The van der Waals surface area contributed by atoms with E-state index >= 15 is 0 Å². The van der Waals surface area contributed by atoms with E-state index in [4.69, 9.17) is 18.3 Å². The number of nitrogens with zero attached hydrogens (tertiary/aromatic N) is 2. The van der Waals surface area contributed by atoms with E-state index in [2.05, 4.69) is 15.5 Å². The van der Waals surface area contributed by atoms with Crippen molar-refractivity contribution < 1.29 is 23.1 Å². The maximum atomic E-state index is 12.2. The van der Waals surface area contributed by atoms with Crippen LogP contribution in [-0.2, 0) is 6.42 Å². The SMILES string of the molecule is Cc1cc(C(=O)Nc2nnc(Cc3ccc4c(c3)OCO4)o2)c(C)o1. The maximum absolute atomic E-state index is 12.2. The fourth-order valence-corrected chi connectivity index (χ4v) is 2.62. The Balaban J connectivity index is 1.45. The van der Waals surface area contributed by atoms with Crippen LogP contribution >= 0.6 is 0 Å². The molecule has 0 bridgehead atoms. The molecule has 4 rings (SSSR count). The van der Waals surface area contributed by atoms with Crippen LogP contribution in [0.15, 0.2) is 33.1 Å². The highest BCUT2D eigenvalue weighted by molar-refractivity contribution is 6.03. The van der Waals surface area contributed by atoms with Gasteiger partial charge in [-0.25, -0.2) is 0 Å². The molecule has 0 saturated carbocycles. The lowest BCUT2D eigenvalue weighted by molar-refractivity contribution is 0.102. The Morgan fingerprint density at radius 3 is 2.76 bits per heavy atom. The number of furan rings is 1. The fraction of sp³-hybridized carbons (Fsp3) is 0.235. The molecule has 0 fully saturated rings. The molecule has 0 spiro atoms. The van der Waals surface area contributed by atoms with E-state index in [0.717, 1.165) is 5.56 Å². The van der Waals surface area contributed by atoms with Crippen molar-refractivity contribution >= 4 is 11.9 Å². The van der Waals surface area contributed by atoms with Gasteiger partial charge >= 0.3 is 6.01 Å². The van der Waals surface area contributed by atoms with Crippen LogP contribution in [0.2, 0.25) is 0 Å². The van der Waals surface area contributed by atoms with Gasteiger partial charge in [0.25, 0.3) is 5.91 Å². The third-order valence-corrected chi connectivity index (χ3v) is 3.77. The minimum Gasteiger partial charge on any atom is -0.466 e. The van der Waals surface area contributed by atoms with Crippen molar-refractivity contribution in [3.8, 4) is 11.5 Å². The summed E-state index contributed by atoms with van der Waals surface area (Å²) in [7, 11) is 0. The first-order valence-corrected chi connectivity index (χ1v) is 7.68. The van der Waals surface area contributed by atoms with Crippen LogP contribution < -0.4 is 14.8 Å². The van der Waals surface area contributed by atoms with Crippen molar-refractivity contribution in [2.45, 2.75) is 20.3 Å². The number of benzene rings is 1. The number of nitrogens with one attached hydrogen (secondary N) is 1. The molecule has 0 unspecified atom stereocenters. The summed E-state index contributed by atoms with van der Waals surface area (Å²) in [5.41, 5.74) is 1.38. The zero-order valence-corrected chi connectivity index (χ0v) is 13.7. The summed E-state index contributed by atoms with van der Waals surface area (Å²) in [5.74, 6) is 2.64. The third kappa shape index (κ3) is 3.06. The topological polar surface area (TPSA) is 99.6 Å². The van der Waals surface area contributed by atoms with Gasteiger partial charge < -0.3 is 18.3 Å². The smallest absolute Gasteiger partial charge is 0.322 e. The molecule has 1 amide bonds. The van der Waals surface area contributed by atoms with Crippen LogP contribution in [0.4, 0.5) is 6.01 Å². The van der Waals surface area contributed by atoms with Gasteiger partial charge in [0, 0.05) is 0 Å². The van der Waals surface area contributed by atoms with Crippen LogP contribution in [0, 0.1) is 13.8 Å². The summed E-state index contributed by atoms with van der Waals surface area (Å²) in [6.45, 7) is 3.73. The van der Waals surface area contributed by atoms with Crippen molar-refractivity contribution in [1.29, 1.82) is 0 Å². The molecule has 8 heteroatoms. The molecule has 1 aliphatic heterocycles. The van der Waals surface area contributed by atoms with E-state index in [1.807, 2.05) is 18.2 Å². The van der Waals surface area contributed by atoms with Crippen molar-refractivity contribution in [1.82, 2.24) is 10.2 Å². The van der Waals surface area contributed by atoms with Gasteiger partial charge in [0.1, 0.15) is 11.5 Å². The number of fused-ring (bicyclic) bond motifs is 1. The van der Waals surface area contributed by atoms with Crippen molar-refractivity contribution in [2.24, 2.45) is 0 Å². The van der Waals surface area contributed by atoms with Gasteiger partial charge in [-0.1, -0.05) is 11.2 Å². The lowest BCUT2D eigenvalue weighted by atomic mass is 10.1. The van der Waals surface area contributed by atoms with E-state index in [9.17, 15) is 4.79 Å². The summed E-state index contributed by atoms with van der Waals surface area (Å²) in [6.07, 6.45) is 0.420. The number of ether oxygens (including phenoxy) is 2. The van der Waals surface area contributed by atoms with E-state index in [1.54, 1.807) is 19.9 Å². The van der Waals surface area contributed by atoms with Gasteiger partial charge in [-0.05, 0) is 37.6 Å². The van der Waals surface area contributed by atoms with Gasteiger partial charge in [0.15, 0.2) is 11.5 Å². The van der Waals surface area contributed by atoms with Crippen LogP contribution in [0.3, 0.4) is 0 Å². The van der Waals surface area contributed by atoms with Crippen LogP contribution in [0.25, 0.3) is 0 Å². The summed E-state index contributed by atoms with van der Waals surface area (Å²) >= 11 is 0. The zero-order chi connectivity index (χ0) is 17.4. The second-order valence-corrected chi connectivity index (χ2v) is 5.65. The predicted molar refractivity (Wildman–Crippen MR) is 85.8 cm³/mol. The van der Waals surface area contributed by atoms with E-state index in [1.165, 1.54) is 0 Å². The summed E-state index contributed by atoms with van der Waals surface area (Å²) < 4.78 is 21.5. The maximum Gasteiger partial charge on any atom is 0.322 e. The minimum absolute atomic E-state index is 0.0407. The Bertz CT molecular complexity index is 944. The number of hydrogen-bond acceptors (Lipinski definition) is 7. The second kappa shape index (κ2) is 5.97. The molecule has 2 aromatic heterocycles. The molecule has 1 aliphatic rings. The Morgan fingerprint density at radius 1 is 1.12 bits per heavy atom. The molecule has 3 aromatic rings. The zero-order valence-electron chi connectivity index (χ0n) is 13.7. The lowest BCUT2D eigenvalue weighted by Crippen LogP contribution is -2.12. The quantitative estimate of drug-likeness (QED) is 0.779. The Hall–Kier alpha value is -3.29. The number of aromatic nitrogens is 2. The van der Waals surface area contributed by atoms with Gasteiger partial charge in [0.2, 0.25) is 12.7 Å². The average molecular weight is 341 g/mol. The highest BCUT2D eigenvalue weighted by atomic mass is 16.7. The second-order valence-electron chi connectivity index (χ2n) is 5.65. The highest BCUT2D eigenvalue weighted by Gasteiger charge is 2.18. The molecule has 0 aliphatic carbocycles. The first kappa shape index (κ1) is 15.3. The van der Waals surface area contributed by atoms with E-state index < -0.39 is 0 Å². The summed E-state index contributed by atoms with van der Waals surface area (Å²) in [4.78, 5) is 12.2. The van der Waals surface area contributed by atoms with Crippen LogP contribution in [0.1, 0.15) is 33.3 Å². The number of carbonyl (C=O) groups is 1. The number of hydrogen-bond donors (Lipinski definition) is 1. The number of carbonyl (C=O) groups excluding carboxylic acids is 1. The standard InChI is InChI=1S/C17H15N3O5/c1-9-5-12(10(2)24-9)16(21)18-17-20-19-15(25-17)7-11-3-4-13-14(6-11)23-8-22-13/h3-6H,7-8H2,1-2H3,(H,18,20,21). The number of aryl methyl sites for hydroxylation is 2. The average Bonchev–Trinajstić information content (AvgIpc) is 3.27. The lowest BCUT2D eigenvalue weighted by Gasteiger charge is -2.00. The number of anilines is 1. The molecule has 128 valence electrons. The molecule has 3 heterocycles. The largest absolute Gasteiger partial charge is 0.466 e. The Kier molecular flexibility index (Phi) is 3.64. The van der Waals surface area contributed by atoms with Gasteiger partial charge in [-0.2, -0.15) is 0 Å². The molecule has 1 aromatic carbocycles. The molecular weight excluding hydrogens is 326 g/mol. The molecule has 25 heavy (non-hydrogen) atoms. The Labute approximate surface area is 142 Å². The van der Waals surface area contributed by atoms with Crippen LogP contribution in [0.5, 0.6) is 11.5 Å². The first-order valence-electron chi connectivity index (χ1n) is 7.68. The molecule has 8 nitrogen and oxygen atoms in total. The molecule has 1 N–H and O–H groups in total. The van der Waals surface area contributed by atoms with Gasteiger partial charge in [-0.3, -0.25) is 10.1 Å². The molecule has 0 radical (unpaired) electrons.